The molecule has 0 spiro atoms. The SMILES string of the molecule is NC(=O)c1cccc2onc(-c3ccccc3CNC(=O)Nc3ccccc3F)c12. The van der Waals surface area contributed by atoms with E-state index < -0.39 is 17.8 Å². The van der Waals surface area contributed by atoms with Gasteiger partial charge in [0, 0.05) is 12.1 Å². The number of nitrogens with two attached hydrogens (primary N) is 1. The zero-order valence-electron chi connectivity index (χ0n) is 15.7. The van der Waals surface area contributed by atoms with Crippen LogP contribution < -0.4 is 16.4 Å². The molecule has 8 heteroatoms. The Hall–Kier alpha value is -4.20. The van der Waals surface area contributed by atoms with Crippen LogP contribution in [0.1, 0.15) is 15.9 Å². The molecule has 4 N–H and O–H groups in total. The van der Waals surface area contributed by atoms with E-state index in [1.807, 2.05) is 18.2 Å². The molecule has 4 rings (SSSR count). The van der Waals surface area contributed by atoms with Crippen molar-refractivity contribution in [1.29, 1.82) is 0 Å². The summed E-state index contributed by atoms with van der Waals surface area (Å²) in [6.45, 7) is 0.142. The average molecular weight is 404 g/mol. The predicted molar refractivity (Wildman–Crippen MR) is 110 cm³/mol. The first-order valence-electron chi connectivity index (χ1n) is 9.10. The van der Waals surface area contributed by atoms with Crippen LogP contribution in [-0.4, -0.2) is 17.1 Å². The molecule has 0 unspecified atom stereocenters. The molecule has 0 saturated carbocycles. The molecule has 0 radical (unpaired) electrons. The molecule has 1 aromatic heterocycles. The molecule has 0 bridgehead atoms. The Morgan fingerprint density at radius 3 is 2.57 bits per heavy atom. The van der Waals surface area contributed by atoms with Crippen LogP contribution in [-0.2, 0) is 6.54 Å². The van der Waals surface area contributed by atoms with Crippen LogP contribution in [0.4, 0.5) is 14.9 Å². The molecule has 0 atom stereocenters. The molecule has 30 heavy (non-hydrogen) atoms. The van der Waals surface area contributed by atoms with Gasteiger partial charge in [0.15, 0.2) is 5.58 Å². The smallest absolute Gasteiger partial charge is 0.319 e. The molecule has 4 aromatic rings. The number of urea groups is 1. The van der Waals surface area contributed by atoms with Crippen molar-refractivity contribution in [3.05, 3.63) is 83.7 Å². The summed E-state index contributed by atoms with van der Waals surface area (Å²) >= 11 is 0. The lowest BCUT2D eigenvalue weighted by Gasteiger charge is -2.11. The van der Waals surface area contributed by atoms with Gasteiger partial charge in [-0.25, -0.2) is 9.18 Å². The summed E-state index contributed by atoms with van der Waals surface area (Å²) in [6.07, 6.45) is 0. The number of halogens is 1. The number of anilines is 1. The van der Waals surface area contributed by atoms with Crippen molar-refractivity contribution < 1.29 is 18.5 Å². The van der Waals surface area contributed by atoms with Gasteiger partial charge in [0.05, 0.1) is 16.6 Å². The fraction of sp³-hybridized carbons (Fsp3) is 0.0455. The number of carbonyl (C=O) groups excluding carboxylic acids is 2. The van der Waals surface area contributed by atoms with Gasteiger partial charge in [0.2, 0.25) is 5.91 Å². The summed E-state index contributed by atoms with van der Waals surface area (Å²) in [5, 5.41) is 9.79. The number of aromatic nitrogens is 1. The largest absolute Gasteiger partial charge is 0.366 e. The molecule has 3 aromatic carbocycles. The first kappa shape index (κ1) is 19.1. The van der Waals surface area contributed by atoms with Gasteiger partial charge >= 0.3 is 6.03 Å². The van der Waals surface area contributed by atoms with Gasteiger partial charge in [-0.2, -0.15) is 0 Å². The van der Waals surface area contributed by atoms with Gasteiger partial charge in [-0.1, -0.05) is 47.6 Å². The summed E-state index contributed by atoms with van der Waals surface area (Å²) in [5.74, 6) is -1.12. The molecular weight excluding hydrogens is 387 g/mol. The van der Waals surface area contributed by atoms with Crippen molar-refractivity contribution in [1.82, 2.24) is 10.5 Å². The van der Waals surface area contributed by atoms with E-state index in [4.69, 9.17) is 10.3 Å². The minimum Gasteiger partial charge on any atom is -0.366 e. The van der Waals surface area contributed by atoms with Crippen molar-refractivity contribution >= 4 is 28.6 Å². The maximum absolute atomic E-state index is 13.7. The quantitative estimate of drug-likeness (QED) is 0.466. The number of fused-ring (bicyclic) bond motifs is 1. The number of nitrogens with one attached hydrogen (secondary N) is 2. The monoisotopic (exact) mass is 404 g/mol. The van der Waals surface area contributed by atoms with Crippen molar-refractivity contribution in [2.45, 2.75) is 6.54 Å². The molecule has 7 nitrogen and oxygen atoms in total. The van der Waals surface area contributed by atoms with Crippen LogP contribution >= 0.6 is 0 Å². The minimum atomic E-state index is -0.593. The highest BCUT2D eigenvalue weighted by Crippen LogP contribution is 2.32. The predicted octanol–water partition coefficient (Wildman–Crippen LogP) is 4.05. The first-order chi connectivity index (χ1) is 14.5. The maximum Gasteiger partial charge on any atom is 0.319 e. The van der Waals surface area contributed by atoms with Crippen LogP contribution in [0.3, 0.4) is 0 Å². The lowest BCUT2D eigenvalue weighted by atomic mass is 9.99. The van der Waals surface area contributed by atoms with Crippen molar-refractivity contribution in [3.8, 4) is 11.3 Å². The van der Waals surface area contributed by atoms with Crippen molar-refractivity contribution in [2.24, 2.45) is 5.73 Å². The number of primary amides is 1. The van der Waals surface area contributed by atoms with Crippen LogP contribution in [0.15, 0.2) is 71.3 Å². The Morgan fingerprint density at radius 2 is 1.77 bits per heavy atom. The summed E-state index contributed by atoms with van der Waals surface area (Å²) < 4.78 is 19.1. The molecule has 3 amide bonds. The van der Waals surface area contributed by atoms with E-state index in [1.54, 1.807) is 30.3 Å². The Kier molecular flexibility index (Phi) is 5.13. The number of hydrogen-bond donors (Lipinski definition) is 3. The summed E-state index contributed by atoms with van der Waals surface area (Å²) in [6, 6.07) is 17.5. The second kappa shape index (κ2) is 8.04. The van der Waals surface area contributed by atoms with E-state index in [2.05, 4.69) is 15.8 Å². The Bertz CT molecular complexity index is 1250. The number of hydrogen-bond acceptors (Lipinski definition) is 4. The number of nitrogens with zero attached hydrogens (tertiary/aromatic N) is 1. The zero-order chi connectivity index (χ0) is 21.1. The van der Waals surface area contributed by atoms with Crippen LogP contribution in [0.25, 0.3) is 22.2 Å². The van der Waals surface area contributed by atoms with E-state index in [9.17, 15) is 14.0 Å². The molecule has 0 fully saturated rings. The number of carbonyl (C=O) groups is 2. The summed E-state index contributed by atoms with van der Waals surface area (Å²) in [4.78, 5) is 24.1. The van der Waals surface area contributed by atoms with Crippen LogP contribution in [0.2, 0.25) is 0 Å². The van der Waals surface area contributed by atoms with Crippen molar-refractivity contribution in [2.75, 3.05) is 5.32 Å². The van der Waals surface area contributed by atoms with E-state index in [0.29, 0.717) is 27.8 Å². The molecule has 0 aliphatic heterocycles. The minimum absolute atomic E-state index is 0.0804. The fourth-order valence-corrected chi connectivity index (χ4v) is 3.19. The second-order valence-electron chi connectivity index (χ2n) is 6.52. The van der Waals surface area contributed by atoms with Gasteiger partial charge in [-0.3, -0.25) is 4.79 Å². The topological polar surface area (TPSA) is 110 Å². The highest BCUT2D eigenvalue weighted by atomic mass is 19.1. The molecule has 1 heterocycles. The molecular formula is C22H17FN4O3. The van der Waals surface area contributed by atoms with Crippen molar-refractivity contribution in [3.63, 3.8) is 0 Å². The van der Waals surface area contributed by atoms with Gasteiger partial charge in [-0.05, 0) is 29.8 Å². The van der Waals surface area contributed by atoms with Crippen LogP contribution in [0, 0.1) is 5.82 Å². The lowest BCUT2D eigenvalue weighted by Crippen LogP contribution is -2.28. The van der Waals surface area contributed by atoms with Gasteiger partial charge < -0.3 is 20.9 Å². The Balaban J connectivity index is 1.61. The number of benzene rings is 3. The van der Waals surface area contributed by atoms with E-state index in [1.165, 1.54) is 18.2 Å². The molecule has 0 aliphatic carbocycles. The zero-order valence-corrected chi connectivity index (χ0v) is 15.7. The van der Waals surface area contributed by atoms with Crippen LogP contribution in [0.5, 0.6) is 0 Å². The number of amides is 3. The lowest BCUT2D eigenvalue weighted by molar-refractivity contribution is 0.100. The average Bonchev–Trinajstić information content (AvgIpc) is 3.18. The summed E-state index contributed by atoms with van der Waals surface area (Å²) in [5.41, 5.74) is 8.17. The Labute approximate surface area is 170 Å². The third-order valence-electron chi connectivity index (χ3n) is 4.60. The molecule has 0 aliphatic rings. The van der Waals surface area contributed by atoms with E-state index in [-0.39, 0.29) is 12.2 Å². The maximum atomic E-state index is 13.7. The standard InChI is InChI=1S/C22H17FN4O3/c23-16-9-3-4-10-17(16)26-22(29)25-12-13-6-1-2-7-14(13)20-19-15(21(24)28)8-5-11-18(19)30-27-20/h1-11H,12H2,(H2,24,28)(H2,25,26,29). The number of rotatable bonds is 5. The van der Waals surface area contributed by atoms with Gasteiger partial charge in [0.1, 0.15) is 11.5 Å². The number of para-hydroxylation sites is 1. The van der Waals surface area contributed by atoms with Gasteiger partial charge in [0.25, 0.3) is 0 Å². The third-order valence-corrected chi connectivity index (χ3v) is 4.60. The normalized spacial score (nSPS) is 10.7. The second-order valence-corrected chi connectivity index (χ2v) is 6.52. The van der Waals surface area contributed by atoms with E-state index in [0.717, 1.165) is 5.56 Å². The molecule has 150 valence electrons. The third kappa shape index (κ3) is 3.70. The highest BCUT2D eigenvalue weighted by Gasteiger charge is 2.19. The highest BCUT2D eigenvalue weighted by molar-refractivity contribution is 6.10. The van der Waals surface area contributed by atoms with Gasteiger partial charge in [-0.15, -0.1) is 0 Å². The fourth-order valence-electron chi connectivity index (χ4n) is 3.19. The molecule has 0 saturated heterocycles. The Morgan fingerprint density at radius 1 is 1.00 bits per heavy atom. The summed E-state index contributed by atoms with van der Waals surface area (Å²) in [7, 11) is 0. The first-order valence-corrected chi connectivity index (χ1v) is 9.10. The van der Waals surface area contributed by atoms with E-state index >= 15 is 0 Å².